The van der Waals surface area contributed by atoms with E-state index >= 15 is 0 Å². The van der Waals surface area contributed by atoms with E-state index < -0.39 is 10.1 Å². The SMILES string of the molecule is CC(CS(=O)(=O)OC1CCCCC1)Sc1ccc2ccccc2c1. The average Bonchev–Trinajstić information content (AvgIpc) is 2.54. The van der Waals surface area contributed by atoms with Crippen molar-refractivity contribution in [2.45, 2.75) is 55.3 Å². The van der Waals surface area contributed by atoms with E-state index in [1.54, 1.807) is 11.8 Å². The van der Waals surface area contributed by atoms with Crippen molar-refractivity contribution in [1.82, 2.24) is 0 Å². The topological polar surface area (TPSA) is 43.4 Å². The molecule has 2 aromatic rings. The Kier molecular flexibility index (Phi) is 5.85. The van der Waals surface area contributed by atoms with Crippen molar-refractivity contribution in [3.63, 3.8) is 0 Å². The fraction of sp³-hybridized carbons (Fsp3) is 0.474. The molecule has 1 aliphatic rings. The van der Waals surface area contributed by atoms with Crippen LogP contribution in [0.4, 0.5) is 0 Å². The van der Waals surface area contributed by atoms with Crippen molar-refractivity contribution in [1.29, 1.82) is 0 Å². The highest BCUT2D eigenvalue weighted by Gasteiger charge is 2.24. The summed E-state index contributed by atoms with van der Waals surface area (Å²) in [5, 5.41) is 2.33. The summed E-state index contributed by atoms with van der Waals surface area (Å²) in [6.07, 6.45) is 4.95. The number of fused-ring (bicyclic) bond motifs is 1. The second kappa shape index (κ2) is 7.89. The van der Waals surface area contributed by atoms with Crippen LogP contribution in [0.3, 0.4) is 0 Å². The van der Waals surface area contributed by atoms with E-state index in [1.165, 1.54) is 17.2 Å². The van der Waals surface area contributed by atoms with Crippen LogP contribution in [0.25, 0.3) is 10.8 Å². The molecule has 0 aromatic heterocycles. The lowest BCUT2D eigenvalue weighted by Gasteiger charge is -2.22. The van der Waals surface area contributed by atoms with Gasteiger partial charge in [-0.05, 0) is 35.7 Å². The Morgan fingerprint density at radius 2 is 1.79 bits per heavy atom. The minimum atomic E-state index is -3.46. The van der Waals surface area contributed by atoms with Crippen molar-refractivity contribution in [3.8, 4) is 0 Å². The van der Waals surface area contributed by atoms with E-state index in [0.29, 0.717) is 0 Å². The molecule has 1 saturated carbocycles. The first kappa shape index (κ1) is 17.8. The molecule has 0 aliphatic heterocycles. The Hall–Kier alpha value is -1.04. The van der Waals surface area contributed by atoms with Gasteiger partial charge in [-0.1, -0.05) is 56.5 Å². The number of thioether (sulfide) groups is 1. The quantitative estimate of drug-likeness (QED) is 0.534. The van der Waals surface area contributed by atoms with E-state index in [0.717, 1.165) is 30.6 Å². The van der Waals surface area contributed by atoms with E-state index in [4.69, 9.17) is 4.18 Å². The predicted molar refractivity (Wildman–Crippen MR) is 101 cm³/mol. The van der Waals surface area contributed by atoms with Crippen LogP contribution in [0.15, 0.2) is 47.4 Å². The smallest absolute Gasteiger partial charge is 0.267 e. The number of benzene rings is 2. The van der Waals surface area contributed by atoms with Crippen molar-refractivity contribution in [3.05, 3.63) is 42.5 Å². The lowest BCUT2D eigenvalue weighted by molar-refractivity contribution is 0.162. The first-order chi connectivity index (χ1) is 11.5. The monoisotopic (exact) mass is 364 g/mol. The first-order valence-corrected chi connectivity index (χ1v) is 11.0. The van der Waals surface area contributed by atoms with Crippen molar-refractivity contribution >= 4 is 32.7 Å². The second-order valence-electron chi connectivity index (χ2n) is 6.52. The Balaban J connectivity index is 1.59. The summed E-state index contributed by atoms with van der Waals surface area (Å²) < 4.78 is 30.0. The maximum atomic E-state index is 12.3. The van der Waals surface area contributed by atoms with Crippen molar-refractivity contribution in [2.24, 2.45) is 0 Å². The zero-order valence-corrected chi connectivity index (χ0v) is 15.6. The molecule has 3 rings (SSSR count). The molecule has 1 aliphatic carbocycles. The van der Waals surface area contributed by atoms with Gasteiger partial charge in [0.2, 0.25) is 0 Å². The maximum absolute atomic E-state index is 12.3. The zero-order valence-electron chi connectivity index (χ0n) is 14.0. The summed E-state index contributed by atoms with van der Waals surface area (Å²) in [6, 6.07) is 14.4. The van der Waals surface area contributed by atoms with Gasteiger partial charge in [0, 0.05) is 10.1 Å². The molecule has 0 radical (unpaired) electrons. The lowest BCUT2D eigenvalue weighted by Crippen LogP contribution is -2.25. The van der Waals surface area contributed by atoms with Crippen LogP contribution in [0.5, 0.6) is 0 Å². The average molecular weight is 365 g/mol. The number of hydrogen-bond acceptors (Lipinski definition) is 4. The van der Waals surface area contributed by atoms with Crippen LogP contribution in [-0.4, -0.2) is 25.5 Å². The van der Waals surface area contributed by atoms with Crippen LogP contribution < -0.4 is 0 Å². The lowest BCUT2D eigenvalue weighted by atomic mass is 9.98. The van der Waals surface area contributed by atoms with E-state index in [1.807, 2.05) is 19.1 Å². The van der Waals surface area contributed by atoms with Crippen LogP contribution >= 0.6 is 11.8 Å². The molecule has 0 saturated heterocycles. The third kappa shape index (κ3) is 4.98. The van der Waals surface area contributed by atoms with Gasteiger partial charge >= 0.3 is 0 Å². The van der Waals surface area contributed by atoms with Gasteiger partial charge < -0.3 is 0 Å². The van der Waals surface area contributed by atoms with Gasteiger partial charge in [-0.15, -0.1) is 11.8 Å². The molecule has 0 N–H and O–H groups in total. The number of rotatable bonds is 6. The molecule has 1 fully saturated rings. The summed E-state index contributed by atoms with van der Waals surface area (Å²) in [5.41, 5.74) is 0. The summed E-state index contributed by atoms with van der Waals surface area (Å²) in [7, 11) is -3.46. The second-order valence-corrected chi connectivity index (χ2v) is 9.67. The summed E-state index contributed by atoms with van der Waals surface area (Å²) in [5.74, 6) is 0.0565. The Morgan fingerprint density at radius 3 is 2.54 bits per heavy atom. The Morgan fingerprint density at radius 1 is 1.08 bits per heavy atom. The molecule has 5 heteroatoms. The molecule has 2 aromatic carbocycles. The van der Waals surface area contributed by atoms with E-state index in [-0.39, 0.29) is 17.1 Å². The summed E-state index contributed by atoms with van der Waals surface area (Å²) in [6.45, 7) is 1.95. The molecule has 24 heavy (non-hydrogen) atoms. The molecule has 130 valence electrons. The summed E-state index contributed by atoms with van der Waals surface area (Å²) in [4.78, 5) is 1.09. The minimum absolute atomic E-state index is 0.0419. The molecular formula is C19H24O3S2. The van der Waals surface area contributed by atoms with Crippen molar-refractivity contribution in [2.75, 3.05) is 5.75 Å². The molecular weight excluding hydrogens is 340 g/mol. The van der Waals surface area contributed by atoms with Gasteiger partial charge in [0.1, 0.15) is 0 Å². The highest BCUT2D eigenvalue weighted by molar-refractivity contribution is 8.01. The van der Waals surface area contributed by atoms with Gasteiger partial charge in [0.05, 0.1) is 11.9 Å². The molecule has 3 nitrogen and oxygen atoms in total. The fourth-order valence-corrected chi connectivity index (χ4v) is 6.04. The van der Waals surface area contributed by atoms with E-state index in [9.17, 15) is 8.42 Å². The van der Waals surface area contributed by atoms with Crippen LogP contribution in [0.1, 0.15) is 39.0 Å². The predicted octanol–water partition coefficient (Wildman–Crippen LogP) is 5.00. The normalized spacial score (nSPS) is 17.9. The van der Waals surface area contributed by atoms with E-state index in [2.05, 4.69) is 30.3 Å². The first-order valence-electron chi connectivity index (χ1n) is 8.58. The van der Waals surface area contributed by atoms with Crippen LogP contribution in [0.2, 0.25) is 0 Å². The Bertz CT molecular complexity index is 780. The number of hydrogen-bond donors (Lipinski definition) is 0. The fourth-order valence-electron chi connectivity index (χ4n) is 3.20. The molecule has 0 heterocycles. The summed E-state index contributed by atoms with van der Waals surface area (Å²) >= 11 is 1.59. The Labute approximate surface area is 148 Å². The highest BCUT2D eigenvalue weighted by Crippen LogP contribution is 2.29. The van der Waals surface area contributed by atoms with Crippen molar-refractivity contribution < 1.29 is 12.6 Å². The third-order valence-electron chi connectivity index (χ3n) is 4.33. The van der Waals surface area contributed by atoms with Gasteiger partial charge in [-0.25, -0.2) is 0 Å². The van der Waals surface area contributed by atoms with Gasteiger partial charge in [0.15, 0.2) is 0 Å². The molecule has 1 unspecified atom stereocenters. The minimum Gasteiger partial charge on any atom is -0.267 e. The van der Waals surface area contributed by atoms with Crippen LogP contribution in [0, 0.1) is 0 Å². The standard InChI is InChI=1S/C19H24O3S2/c1-15(14-24(20,21)22-18-9-3-2-4-10-18)23-19-12-11-16-7-5-6-8-17(16)13-19/h5-8,11-13,15,18H,2-4,9-10,14H2,1H3. The molecule has 0 amide bonds. The molecule has 1 atom stereocenters. The highest BCUT2D eigenvalue weighted by atomic mass is 32.2. The zero-order chi connectivity index (χ0) is 17.0. The third-order valence-corrected chi connectivity index (χ3v) is 7.11. The molecule has 0 spiro atoms. The largest absolute Gasteiger partial charge is 0.268 e. The van der Waals surface area contributed by atoms with Gasteiger partial charge in [-0.3, -0.25) is 4.18 Å². The van der Waals surface area contributed by atoms with Gasteiger partial charge in [-0.2, -0.15) is 8.42 Å². The maximum Gasteiger partial charge on any atom is 0.268 e. The molecule has 0 bridgehead atoms. The van der Waals surface area contributed by atoms with Crippen LogP contribution in [-0.2, 0) is 14.3 Å². The van der Waals surface area contributed by atoms with Gasteiger partial charge in [0.25, 0.3) is 10.1 Å².